The fourth-order valence-electron chi connectivity index (χ4n) is 1.64. The highest BCUT2D eigenvalue weighted by atomic mass is 32.2. The molecule has 0 radical (unpaired) electrons. The van der Waals surface area contributed by atoms with Crippen LogP contribution in [0.5, 0.6) is 0 Å². The van der Waals surface area contributed by atoms with Crippen LogP contribution < -0.4 is 4.72 Å². The molecule has 21 heavy (non-hydrogen) atoms. The van der Waals surface area contributed by atoms with Crippen molar-refractivity contribution in [2.75, 3.05) is 0 Å². The highest BCUT2D eigenvalue weighted by Crippen LogP contribution is 2.16. The van der Waals surface area contributed by atoms with Gasteiger partial charge in [0.05, 0.1) is 9.82 Å². The van der Waals surface area contributed by atoms with E-state index in [1.165, 1.54) is 18.2 Å². The summed E-state index contributed by atoms with van der Waals surface area (Å²) >= 11 is 0. The van der Waals surface area contributed by atoms with Gasteiger partial charge in [0.15, 0.2) is 0 Å². The van der Waals surface area contributed by atoms with E-state index in [1.54, 1.807) is 6.07 Å². The molecule has 2 aromatic rings. The molecule has 2 aromatic carbocycles. The maximum absolute atomic E-state index is 13.4. The molecule has 0 aromatic heterocycles. The van der Waals surface area contributed by atoms with Crippen LogP contribution in [-0.4, -0.2) is 13.3 Å². The van der Waals surface area contributed by atoms with Crippen molar-refractivity contribution in [3.63, 3.8) is 0 Å². The fraction of sp³-hybridized carbons (Fsp3) is 0.0769. The van der Waals surface area contributed by atoms with Crippen molar-refractivity contribution in [1.29, 1.82) is 0 Å². The highest BCUT2D eigenvalue weighted by molar-refractivity contribution is 7.89. The first-order valence-electron chi connectivity index (χ1n) is 5.88. The van der Waals surface area contributed by atoms with E-state index in [2.05, 4.69) is 4.72 Å². The molecule has 0 aliphatic heterocycles. The number of hydrogen-bond acceptors (Lipinski definition) is 4. The molecule has 0 aliphatic carbocycles. The molecule has 0 fully saturated rings. The summed E-state index contributed by atoms with van der Waals surface area (Å²) in [6.45, 7) is -0.202. The maximum Gasteiger partial charge on any atom is 0.269 e. The average molecular weight is 310 g/mol. The second-order valence-electron chi connectivity index (χ2n) is 4.17. The van der Waals surface area contributed by atoms with Crippen LogP contribution >= 0.6 is 0 Å². The van der Waals surface area contributed by atoms with Gasteiger partial charge in [-0.1, -0.05) is 18.2 Å². The lowest BCUT2D eigenvalue weighted by Crippen LogP contribution is -2.23. The minimum absolute atomic E-state index is 0.121. The monoisotopic (exact) mass is 310 g/mol. The van der Waals surface area contributed by atoms with E-state index in [4.69, 9.17) is 0 Å². The summed E-state index contributed by atoms with van der Waals surface area (Å²) in [4.78, 5) is 9.77. The smallest absolute Gasteiger partial charge is 0.258 e. The molecular formula is C13H11FN2O4S. The number of benzene rings is 2. The van der Waals surface area contributed by atoms with Crippen LogP contribution in [0.15, 0.2) is 53.4 Å². The Bertz CT molecular complexity index is 760. The molecule has 0 saturated heterocycles. The lowest BCUT2D eigenvalue weighted by molar-refractivity contribution is -0.384. The molecule has 0 aliphatic rings. The first-order valence-corrected chi connectivity index (χ1v) is 7.36. The quantitative estimate of drug-likeness (QED) is 0.677. The molecule has 2 rings (SSSR count). The lowest BCUT2D eigenvalue weighted by Gasteiger charge is -2.07. The molecule has 0 spiro atoms. The van der Waals surface area contributed by atoms with E-state index in [9.17, 15) is 22.9 Å². The van der Waals surface area contributed by atoms with E-state index in [-0.39, 0.29) is 22.7 Å². The molecule has 0 amide bonds. The zero-order valence-corrected chi connectivity index (χ0v) is 11.5. The summed E-state index contributed by atoms with van der Waals surface area (Å²) in [5.74, 6) is -0.510. The van der Waals surface area contributed by atoms with Gasteiger partial charge in [0.2, 0.25) is 10.0 Å². The second kappa shape index (κ2) is 5.98. The van der Waals surface area contributed by atoms with Crippen molar-refractivity contribution >= 4 is 15.7 Å². The number of sulfonamides is 1. The zero-order valence-electron chi connectivity index (χ0n) is 10.7. The second-order valence-corrected chi connectivity index (χ2v) is 5.93. The number of halogens is 1. The van der Waals surface area contributed by atoms with Crippen LogP contribution in [0.25, 0.3) is 0 Å². The Morgan fingerprint density at radius 1 is 1.10 bits per heavy atom. The normalized spacial score (nSPS) is 11.3. The third kappa shape index (κ3) is 3.61. The van der Waals surface area contributed by atoms with E-state index in [0.717, 1.165) is 24.3 Å². The van der Waals surface area contributed by atoms with Crippen molar-refractivity contribution in [2.24, 2.45) is 0 Å². The summed E-state index contributed by atoms with van der Waals surface area (Å²) in [7, 11) is -3.86. The molecular weight excluding hydrogens is 299 g/mol. The van der Waals surface area contributed by atoms with E-state index in [1.807, 2.05) is 0 Å². The Morgan fingerprint density at radius 2 is 1.71 bits per heavy atom. The van der Waals surface area contributed by atoms with Crippen LogP contribution in [0.3, 0.4) is 0 Å². The van der Waals surface area contributed by atoms with Crippen LogP contribution in [0.1, 0.15) is 5.56 Å². The minimum Gasteiger partial charge on any atom is -0.258 e. The van der Waals surface area contributed by atoms with E-state index < -0.39 is 20.8 Å². The van der Waals surface area contributed by atoms with Gasteiger partial charge in [-0.2, -0.15) is 0 Å². The summed E-state index contributed by atoms with van der Waals surface area (Å²) in [6.07, 6.45) is 0. The molecule has 110 valence electrons. The number of nitro benzene ring substituents is 1. The number of rotatable bonds is 5. The van der Waals surface area contributed by atoms with Gasteiger partial charge >= 0.3 is 0 Å². The largest absolute Gasteiger partial charge is 0.269 e. The molecule has 1 N–H and O–H groups in total. The van der Waals surface area contributed by atoms with Crippen molar-refractivity contribution in [3.05, 3.63) is 70.0 Å². The molecule has 0 heterocycles. The first-order chi connectivity index (χ1) is 9.90. The third-order valence-corrected chi connectivity index (χ3v) is 4.19. The topological polar surface area (TPSA) is 89.3 Å². The Labute approximate surface area is 120 Å². The Balaban J connectivity index is 2.15. The van der Waals surface area contributed by atoms with Crippen LogP contribution in [0.2, 0.25) is 0 Å². The number of nitrogens with one attached hydrogen (secondary N) is 1. The summed E-state index contributed by atoms with van der Waals surface area (Å²) in [5.41, 5.74) is 0.00559. The van der Waals surface area contributed by atoms with Gasteiger partial charge in [0.1, 0.15) is 5.82 Å². The van der Waals surface area contributed by atoms with Crippen molar-refractivity contribution in [1.82, 2.24) is 4.72 Å². The fourth-order valence-corrected chi connectivity index (χ4v) is 2.65. The van der Waals surface area contributed by atoms with Gasteiger partial charge in [-0.05, 0) is 18.2 Å². The van der Waals surface area contributed by atoms with E-state index >= 15 is 0 Å². The van der Waals surface area contributed by atoms with Gasteiger partial charge in [0.25, 0.3) is 5.69 Å². The van der Waals surface area contributed by atoms with Gasteiger partial charge in [-0.25, -0.2) is 17.5 Å². The van der Waals surface area contributed by atoms with Crippen molar-refractivity contribution in [3.8, 4) is 0 Å². The van der Waals surface area contributed by atoms with Crippen LogP contribution in [0.4, 0.5) is 10.1 Å². The van der Waals surface area contributed by atoms with Crippen molar-refractivity contribution < 1.29 is 17.7 Å². The predicted octanol–water partition coefficient (Wildman–Crippen LogP) is 2.21. The summed E-state index contributed by atoms with van der Waals surface area (Å²) in [6, 6.07) is 10.2. The van der Waals surface area contributed by atoms with Crippen LogP contribution in [-0.2, 0) is 16.6 Å². The standard InChI is InChI=1S/C13H11FN2O4S/c14-13-4-2-1-3-10(13)9-15-21(19,20)12-7-5-11(6-8-12)16(17)18/h1-8,15H,9H2. The SMILES string of the molecule is O=[N+]([O-])c1ccc(S(=O)(=O)NCc2ccccc2F)cc1. The number of nitro groups is 1. The number of nitrogens with zero attached hydrogens (tertiary/aromatic N) is 1. The lowest BCUT2D eigenvalue weighted by atomic mass is 10.2. The number of hydrogen-bond donors (Lipinski definition) is 1. The third-order valence-electron chi connectivity index (χ3n) is 2.77. The molecule has 8 heteroatoms. The highest BCUT2D eigenvalue weighted by Gasteiger charge is 2.16. The van der Waals surface area contributed by atoms with Gasteiger partial charge < -0.3 is 0 Å². The van der Waals surface area contributed by atoms with Gasteiger partial charge in [-0.15, -0.1) is 0 Å². The molecule has 0 bridgehead atoms. The zero-order chi connectivity index (χ0) is 15.5. The molecule has 0 unspecified atom stereocenters. The summed E-state index contributed by atoms with van der Waals surface area (Å²) < 4.78 is 39.6. The average Bonchev–Trinajstić information content (AvgIpc) is 2.46. The Morgan fingerprint density at radius 3 is 2.29 bits per heavy atom. The predicted molar refractivity (Wildman–Crippen MR) is 73.5 cm³/mol. The molecule has 6 nitrogen and oxygen atoms in total. The minimum atomic E-state index is -3.86. The summed E-state index contributed by atoms with van der Waals surface area (Å²) in [5, 5.41) is 10.5. The molecule has 0 saturated carbocycles. The van der Waals surface area contributed by atoms with Crippen molar-refractivity contribution in [2.45, 2.75) is 11.4 Å². The first kappa shape index (κ1) is 15.1. The Hall–Kier alpha value is -2.32. The number of non-ortho nitro benzene ring substituents is 1. The maximum atomic E-state index is 13.4. The molecule has 0 atom stereocenters. The van der Waals surface area contributed by atoms with Crippen LogP contribution in [0, 0.1) is 15.9 Å². The van der Waals surface area contributed by atoms with Gasteiger partial charge in [0, 0.05) is 24.2 Å². The van der Waals surface area contributed by atoms with E-state index in [0.29, 0.717) is 0 Å². The Kier molecular flexibility index (Phi) is 4.29. The van der Waals surface area contributed by atoms with Gasteiger partial charge in [-0.3, -0.25) is 10.1 Å².